The van der Waals surface area contributed by atoms with Crippen molar-refractivity contribution in [3.63, 3.8) is 0 Å². The van der Waals surface area contributed by atoms with E-state index in [4.69, 9.17) is 11.6 Å². The fraction of sp³-hybridized carbons (Fsp3) is 0. The van der Waals surface area contributed by atoms with Crippen LogP contribution in [-0.4, -0.2) is 11.7 Å². The van der Waals surface area contributed by atoms with Gasteiger partial charge < -0.3 is 0 Å². The lowest BCUT2D eigenvalue weighted by atomic mass is 10.1. The zero-order valence-electron chi connectivity index (χ0n) is 6.08. The van der Waals surface area contributed by atoms with E-state index >= 15 is 0 Å². The lowest BCUT2D eigenvalue weighted by Crippen LogP contribution is -1.92. The van der Waals surface area contributed by atoms with E-state index < -0.39 is 0 Å². The highest BCUT2D eigenvalue weighted by atomic mass is 35.5. The summed E-state index contributed by atoms with van der Waals surface area (Å²) in [5, 5.41) is 0.557. The Bertz CT molecular complexity index is 334. The molecule has 0 aliphatic carbocycles. The van der Waals surface area contributed by atoms with E-state index in [-0.39, 0.29) is 5.78 Å². The summed E-state index contributed by atoms with van der Waals surface area (Å²) in [6.07, 6.45) is 0.850. The van der Waals surface area contributed by atoms with Crippen molar-refractivity contribution >= 4 is 23.3 Å². The molecule has 0 unspecified atom stereocenters. The van der Waals surface area contributed by atoms with Crippen molar-refractivity contribution in [1.29, 1.82) is 0 Å². The Labute approximate surface area is 74.5 Å². The van der Waals surface area contributed by atoms with E-state index in [1.165, 1.54) is 5.94 Å². The fourth-order valence-corrected chi connectivity index (χ4v) is 0.877. The van der Waals surface area contributed by atoms with Gasteiger partial charge in [-0.3, -0.25) is 4.79 Å². The highest BCUT2D eigenvalue weighted by molar-refractivity contribution is 6.30. The summed E-state index contributed by atoms with van der Waals surface area (Å²) in [5.74, 6) is 1.06. The van der Waals surface area contributed by atoms with Gasteiger partial charge in [-0.15, -0.1) is 0 Å². The van der Waals surface area contributed by atoms with Gasteiger partial charge in [-0.2, -0.15) is 0 Å². The van der Waals surface area contributed by atoms with Crippen LogP contribution in [0.25, 0.3) is 0 Å². The predicted octanol–water partition coefficient (Wildman–Crippen LogP) is 1.91. The van der Waals surface area contributed by atoms with Gasteiger partial charge in [0.25, 0.3) is 0 Å². The molecule has 0 amide bonds. The Morgan fingerprint density at radius 1 is 1.33 bits per heavy atom. The summed E-state index contributed by atoms with van der Waals surface area (Å²) >= 11 is 5.59. The Hall–Kier alpha value is -1.37. The smallest absolute Gasteiger partial charge is 0.196 e. The third kappa shape index (κ3) is 2.06. The molecule has 0 aromatic heterocycles. The average molecular weight is 181 g/mol. The zero-order chi connectivity index (χ0) is 8.97. The maximum atomic E-state index is 11.0. The Kier molecular flexibility index (Phi) is 2.81. The summed E-state index contributed by atoms with van der Waals surface area (Å²) < 4.78 is 0. The number of hydrogen-bond acceptors (Lipinski definition) is 2. The van der Waals surface area contributed by atoms with Gasteiger partial charge >= 0.3 is 0 Å². The van der Waals surface area contributed by atoms with Crippen molar-refractivity contribution < 1.29 is 9.59 Å². The van der Waals surface area contributed by atoms with Crippen LogP contribution in [0.15, 0.2) is 30.3 Å². The van der Waals surface area contributed by atoms with E-state index in [2.05, 4.69) is 0 Å². The number of ketones is 1. The monoisotopic (exact) mass is 180 g/mol. The summed E-state index contributed by atoms with van der Waals surface area (Å²) in [6.45, 7) is 0. The van der Waals surface area contributed by atoms with Gasteiger partial charge in [0.1, 0.15) is 5.94 Å². The van der Waals surface area contributed by atoms with Crippen molar-refractivity contribution in [2.75, 3.05) is 0 Å². The van der Waals surface area contributed by atoms with Crippen LogP contribution in [0.3, 0.4) is 0 Å². The Balaban J connectivity index is 2.97. The number of allylic oxidation sites excluding steroid dienone is 1. The van der Waals surface area contributed by atoms with Gasteiger partial charge in [0.05, 0.1) is 6.08 Å². The van der Waals surface area contributed by atoms with Gasteiger partial charge in [0.2, 0.25) is 0 Å². The molecule has 0 atom stereocenters. The van der Waals surface area contributed by atoms with Crippen LogP contribution < -0.4 is 0 Å². The SMILES string of the molecule is O=C=CC(=O)c1ccc(Cl)cc1. The molecule has 0 N–H and O–H groups in total. The van der Waals surface area contributed by atoms with Crippen molar-refractivity contribution in [1.82, 2.24) is 0 Å². The zero-order valence-corrected chi connectivity index (χ0v) is 6.84. The van der Waals surface area contributed by atoms with E-state index in [1.807, 2.05) is 0 Å². The molecule has 1 aromatic carbocycles. The van der Waals surface area contributed by atoms with Crippen LogP contribution in [0.2, 0.25) is 5.02 Å². The molecule has 12 heavy (non-hydrogen) atoms. The number of benzene rings is 1. The fourth-order valence-electron chi connectivity index (χ4n) is 0.751. The summed E-state index contributed by atoms with van der Waals surface area (Å²) in [7, 11) is 0. The van der Waals surface area contributed by atoms with Gasteiger partial charge in [-0.1, -0.05) is 11.6 Å². The number of carbonyl (C=O) groups excluding carboxylic acids is 2. The van der Waals surface area contributed by atoms with E-state index in [0.29, 0.717) is 10.6 Å². The van der Waals surface area contributed by atoms with Crippen molar-refractivity contribution in [3.8, 4) is 0 Å². The standard InChI is InChI=1S/C9H5ClO2/c10-8-3-1-7(2-4-8)9(12)5-6-11/h1-5H. The first-order valence-electron chi connectivity index (χ1n) is 3.25. The molecule has 0 saturated heterocycles. The quantitative estimate of drug-likeness (QED) is 0.396. The Morgan fingerprint density at radius 2 is 1.92 bits per heavy atom. The molecule has 0 aliphatic heterocycles. The summed E-state index contributed by atoms with van der Waals surface area (Å²) in [4.78, 5) is 20.8. The minimum absolute atomic E-state index is 0.360. The van der Waals surface area contributed by atoms with E-state index in [1.54, 1.807) is 24.3 Å². The second-order valence-corrected chi connectivity index (χ2v) is 2.57. The second kappa shape index (κ2) is 3.86. The van der Waals surface area contributed by atoms with Crippen LogP contribution in [-0.2, 0) is 4.79 Å². The first-order chi connectivity index (χ1) is 5.74. The lowest BCUT2D eigenvalue weighted by molar-refractivity contribution is 0.104. The first kappa shape index (κ1) is 8.72. The molecule has 0 spiro atoms. The molecule has 1 rings (SSSR count). The third-order valence-corrected chi connectivity index (χ3v) is 1.57. The Morgan fingerprint density at radius 3 is 2.42 bits per heavy atom. The van der Waals surface area contributed by atoms with Gasteiger partial charge in [-0.05, 0) is 24.3 Å². The van der Waals surface area contributed by atoms with Crippen LogP contribution >= 0.6 is 11.6 Å². The maximum absolute atomic E-state index is 11.0. The molecular formula is C9H5ClO2. The average Bonchev–Trinajstić information content (AvgIpc) is 2.06. The molecule has 0 fully saturated rings. The predicted molar refractivity (Wildman–Crippen MR) is 46.0 cm³/mol. The van der Waals surface area contributed by atoms with Crippen LogP contribution in [0, 0.1) is 0 Å². The third-order valence-electron chi connectivity index (χ3n) is 1.32. The van der Waals surface area contributed by atoms with Gasteiger partial charge in [-0.25, -0.2) is 4.79 Å². The van der Waals surface area contributed by atoms with Crippen LogP contribution in [0.4, 0.5) is 0 Å². The maximum Gasteiger partial charge on any atom is 0.196 e. The molecule has 0 saturated carbocycles. The molecule has 0 heterocycles. The van der Waals surface area contributed by atoms with Gasteiger partial charge in [0.15, 0.2) is 5.78 Å². The normalized spacial score (nSPS) is 8.75. The van der Waals surface area contributed by atoms with Crippen molar-refractivity contribution in [3.05, 3.63) is 40.9 Å². The molecule has 0 bridgehead atoms. The minimum atomic E-state index is -0.360. The highest BCUT2D eigenvalue weighted by Gasteiger charge is 2.00. The molecular weight excluding hydrogens is 176 g/mol. The summed E-state index contributed by atoms with van der Waals surface area (Å²) in [6, 6.07) is 6.29. The molecule has 2 nitrogen and oxygen atoms in total. The summed E-state index contributed by atoms with van der Waals surface area (Å²) in [5.41, 5.74) is 0.433. The van der Waals surface area contributed by atoms with Crippen molar-refractivity contribution in [2.45, 2.75) is 0 Å². The number of rotatable bonds is 2. The molecule has 60 valence electrons. The van der Waals surface area contributed by atoms with E-state index in [0.717, 1.165) is 6.08 Å². The molecule has 1 aromatic rings. The van der Waals surface area contributed by atoms with E-state index in [9.17, 15) is 9.59 Å². The minimum Gasteiger partial charge on any atom is -0.288 e. The number of carbonyl (C=O) groups is 1. The largest absolute Gasteiger partial charge is 0.288 e. The van der Waals surface area contributed by atoms with Gasteiger partial charge in [0, 0.05) is 10.6 Å². The highest BCUT2D eigenvalue weighted by Crippen LogP contribution is 2.09. The van der Waals surface area contributed by atoms with Crippen LogP contribution in [0.1, 0.15) is 10.4 Å². The molecule has 3 heteroatoms. The first-order valence-corrected chi connectivity index (χ1v) is 3.62. The number of hydrogen-bond donors (Lipinski definition) is 0. The lowest BCUT2D eigenvalue weighted by Gasteiger charge is -1.92. The molecule has 0 radical (unpaired) electrons. The van der Waals surface area contributed by atoms with Crippen LogP contribution in [0.5, 0.6) is 0 Å². The van der Waals surface area contributed by atoms with Crippen molar-refractivity contribution in [2.24, 2.45) is 0 Å². The second-order valence-electron chi connectivity index (χ2n) is 2.13. The topological polar surface area (TPSA) is 34.1 Å². The number of halogens is 1. The molecule has 0 aliphatic rings.